The van der Waals surface area contributed by atoms with Gasteiger partial charge in [0.2, 0.25) is 0 Å². The molecule has 0 amide bonds. The van der Waals surface area contributed by atoms with E-state index < -0.39 is 0 Å². The van der Waals surface area contributed by atoms with Crippen LogP contribution in [0.2, 0.25) is 0 Å². The Bertz CT molecular complexity index is 365. The number of rotatable bonds is 4. The number of nitrogens with two attached hydrogens (primary N) is 1. The van der Waals surface area contributed by atoms with Crippen molar-refractivity contribution in [1.82, 2.24) is 20.0 Å². The van der Waals surface area contributed by atoms with Gasteiger partial charge in [0, 0.05) is 31.9 Å². The molecule has 3 N–H and O–H groups in total. The number of aromatic nitrogens is 2. The third-order valence-corrected chi connectivity index (χ3v) is 3.95. The third-order valence-electron chi connectivity index (χ3n) is 3.95. The quantitative estimate of drug-likeness (QED) is 0.844. The number of hydrogen-bond acceptors (Lipinski definition) is 4. The van der Waals surface area contributed by atoms with Gasteiger partial charge in [-0.2, -0.15) is 0 Å². The molecule has 5 heteroatoms. The highest BCUT2D eigenvalue weighted by Gasteiger charge is 2.27. The second-order valence-corrected chi connectivity index (χ2v) is 5.38. The van der Waals surface area contributed by atoms with Crippen molar-refractivity contribution in [2.45, 2.75) is 51.2 Å². The number of piperidine rings is 1. The van der Waals surface area contributed by atoms with E-state index in [1.807, 2.05) is 24.1 Å². The van der Waals surface area contributed by atoms with Gasteiger partial charge in [-0.1, -0.05) is 6.42 Å². The van der Waals surface area contributed by atoms with Gasteiger partial charge in [-0.15, -0.1) is 0 Å². The van der Waals surface area contributed by atoms with Crippen LogP contribution < -0.4 is 11.2 Å². The van der Waals surface area contributed by atoms with Crippen molar-refractivity contribution >= 4 is 0 Å². The molecule has 0 saturated carbocycles. The molecule has 2 rings (SSSR count). The molecular formula is C13H25N5. The van der Waals surface area contributed by atoms with E-state index in [-0.39, 0.29) is 6.04 Å². The summed E-state index contributed by atoms with van der Waals surface area (Å²) in [6.45, 7) is 5.13. The van der Waals surface area contributed by atoms with Gasteiger partial charge < -0.3 is 10.3 Å². The number of nitrogens with zero attached hydrogens (tertiary/aromatic N) is 3. The van der Waals surface area contributed by atoms with Crippen LogP contribution in [0.5, 0.6) is 0 Å². The molecule has 0 bridgehead atoms. The number of aryl methyl sites for hydroxylation is 1. The standard InChI is InChI=1S/C13H25N5/c1-10-5-4-6-11(2)18(10)16-12(7-14)13-8-15-9-17(13)3/h8-12,16H,4-7,14H2,1-3H3. The lowest BCUT2D eigenvalue weighted by Gasteiger charge is -2.41. The minimum atomic E-state index is 0.139. The Morgan fingerprint density at radius 2 is 2.11 bits per heavy atom. The number of imidazole rings is 1. The second-order valence-electron chi connectivity index (χ2n) is 5.38. The van der Waals surface area contributed by atoms with Gasteiger partial charge >= 0.3 is 0 Å². The lowest BCUT2D eigenvalue weighted by atomic mass is 9.99. The summed E-state index contributed by atoms with van der Waals surface area (Å²) in [5.41, 5.74) is 10.6. The van der Waals surface area contributed by atoms with Gasteiger partial charge in [-0.05, 0) is 26.7 Å². The molecule has 102 valence electrons. The van der Waals surface area contributed by atoms with E-state index in [1.54, 1.807) is 0 Å². The van der Waals surface area contributed by atoms with Crippen LogP contribution in [0.3, 0.4) is 0 Å². The molecule has 1 aliphatic rings. The molecule has 1 saturated heterocycles. The van der Waals surface area contributed by atoms with E-state index in [9.17, 15) is 0 Å². The van der Waals surface area contributed by atoms with E-state index in [2.05, 4.69) is 29.3 Å². The maximum Gasteiger partial charge on any atom is 0.0946 e. The van der Waals surface area contributed by atoms with Gasteiger partial charge in [0.05, 0.1) is 18.1 Å². The van der Waals surface area contributed by atoms with Crippen LogP contribution in [-0.2, 0) is 7.05 Å². The zero-order valence-electron chi connectivity index (χ0n) is 11.6. The molecule has 0 spiro atoms. The predicted octanol–water partition coefficient (Wildman–Crippen LogP) is 1.19. The van der Waals surface area contributed by atoms with Crippen LogP contribution in [0, 0.1) is 0 Å². The molecule has 1 fully saturated rings. The fourth-order valence-corrected chi connectivity index (χ4v) is 2.80. The minimum absolute atomic E-state index is 0.139. The summed E-state index contributed by atoms with van der Waals surface area (Å²) in [4.78, 5) is 4.17. The summed E-state index contributed by atoms with van der Waals surface area (Å²) in [6, 6.07) is 1.27. The van der Waals surface area contributed by atoms with Crippen LogP contribution in [0.15, 0.2) is 12.5 Å². The molecule has 5 nitrogen and oxygen atoms in total. The Labute approximate surface area is 109 Å². The molecule has 1 aromatic rings. The minimum Gasteiger partial charge on any atom is -0.336 e. The van der Waals surface area contributed by atoms with Gasteiger partial charge in [0.1, 0.15) is 0 Å². The van der Waals surface area contributed by atoms with Crippen LogP contribution in [0.1, 0.15) is 44.8 Å². The summed E-state index contributed by atoms with van der Waals surface area (Å²) < 4.78 is 2.03. The van der Waals surface area contributed by atoms with Crippen molar-refractivity contribution < 1.29 is 0 Å². The van der Waals surface area contributed by atoms with Crippen molar-refractivity contribution in [3.8, 4) is 0 Å². The van der Waals surface area contributed by atoms with E-state index in [0.717, 1.165) is 5.69 Å². The maximum atomic E-state index is 5.91. The van der Waals surface area contributed by atoms with Crippen molar-refractivity contribution in [1.29, 1.82) is 0 Å². The summed E-state index contributed by atoms with van der Waals surface area (Å²) in [7, 11) is 2.01. The zero-order chi connectivity index (χ0) is 13.1. The Balaban J connectivity index is 2.08. The molecule has 0 aliphatic carbocycles. The van der Waals surface area contributed by atoms with E-state index in [4.69, 9.17) is 5.73 Å². The Kier molecular flexibility index (Phi) is 4.37. The fourth-order valence-electron chi connectivity index (χ4n) is 2.80. The van der Waals surface area contributed by atoms with E-state index in [0.29, 0.717) is 18.6 Å². The number of hydrogen-bond donors (Lipinski definition) is 2. The Hall–Kier alpha value is -0.910. The average molecular weight is 251 g/mol. The highest BCUT2D eigenvalue weighted by Crippen LogP contribution is 2.22. The Morgan fingerprint density at radius 3 is 2.61 bits per heavy atom. The number of hydrazine groups is 1. The second kappa shape index (κ2) is 5.82. The highest BCUT2D eigenvalue weighted by atomic mass is 15.5. The van der Waals surface area contributed by atoms with E-state index in [1.165, 1.54) is 19.3 Å². The maximum absolute atomic E-state index is 5.91. The third kappa shape index (κ3) is 2.74. The first-order valence-corrected chi connectivity index (χ1v) is 6.84. The first-order chi connectivity index (χ1) is 8.63. The SMILES string of the molecule is CC1CCCC(C)N1NC(CN)c1cncn1C. The summed E-state index contributed by atoms with van der Waals surface area (Å²) in [5, 5.41) is 2.37. The summed E-state index contributed by atoms with van der Waals surface area (Å²) in [5.74, 6) is 0. The fraction of sp³-hybridized carbons (Fsp3) is 0.769. The zero-order valence-corrected chi connectivity index (χ0v) is 11.6. The smallest absolute Gasteiger partial charge is 0.0946 e. The van der Waals surface area contributed by atoms with Gasteiger partial charge in [-0.25, -0.2) is 15.4 Å². The van der Waals surface area contributed by atoms with Crippen molar-refractivity contribution in [2.75, 3.05) is 6.54 Å². The molecule has 3 unspecified atom stereocenters. The molecule has 1 aromatic heterocycles. The van der Waals surface area contributed by atoms with Crippen LogP contribution in [0.25, 0.3) is 0 Å². The molecule has 0 aromatic carbocycles. The van der Waals surface area contributed by atoms with Gasteiger partial charge in [0.25, 0.3) is 0 Å². The van der Waals surface area contributed by atoms with Crippen LogP contribution in [0.4, 0.5) is 0 Å². The summed E-state index contributed by atoms with van der Waals surface area (Å²) in [6.07, 6.45) is 7.53. The number of nitrogens with one attached hydrogen (secondary N) is 1. The van der Waals surface area contributed by atoms with Crippen LogP contribution >= 0.6 is 0 Å². The van der Waals surface area contributed by atoms with Crippen molar-refractivity contribution in [2.24, 2.45) is 12.8 Å². The van der Waals surface area contributed by atoms with Gasteiger partial charge in [-0.3, -0.25) is 0 Å². The van der Waals surface area contributed by atoms with Gasteiger partial charge in [0.15, 0.2) is 0 Å². The first-order valence-electron chi connectivity index (χ1n) is 6.84. The molecule has 18 heavy (non-hydrogen) atoms. The van der Waals surface area contributed by atoms with Crippen LogP contribution in [-0.4, -0.2) is 33.2 Å². The highest BCUT2D eigenvalue weighted by molar-refractivity contribution is 5.05. The normalized spacial score (nSPS) is 27.3. The first kappa shape index (κ1) is 13.5. The monoisotopic (exact) mass is 251 g/mol. The molecule has 0 radical (unpaired) electrons. The van der Waals surface area contributed by atoms with E-state index >= 15 is 0 Å². The molecule has 1 aliphatic heterocycles. The Morgan fingerprint density at radius 1 is 1.44 bits per heavy atom. The summed E-state index contributed by atoms with van der Waals surface area (Å²) >= 11 is 0. The lowest BCUT2D eigenvalue weighted by molar-refractivity contribution is 0.0293. The van der Waals surface area contributed by atoms with Crippen molar-refractivity contribution in [3.63, 3.8) is 0 Å². The van der Waals surface area contributed by atoms with Crippen molar-refractivity contribution in [3.05, 3.63) is 18.2 Å². The lowest BCUT2D eigenvalue weighted by Crippen LogP contribution is -2.54. The largest absolute Gasteiger partial charge is 0.336 e. The average Bonchev–Trinajstić information content (AvgIpc) is 2.76. The predicted molar refractivity (Wildman–Crippen MR) is 72.8 cm³/mol. The topological polar surface area (TPSA) is 59.1 Å². The molecular weight excluding hydrogens is 226 g/mol. The molecule has 2 heterocycles. The molecule has 3 atom stereocenters.